The number of nitrogens with zero attached hydrogens (tertiary/aromatic N) is 1. The molecule has 20 heavy (non-hydrogen) atoms. The lowest BCUT2D eigenvalue weighted by molar-refractivity contribution is -0.137. The SMILES string of the molecule is O=C1NC(=O)C2(CCN(C(=O)CC3CCCO3)CC2)N1. The second kappa shape index (κ2) is 5.05. The number of piperidine rings is 1. The van der Waals surface area contributed by atoms with Gasteiger partial charge < -0.3 is 15.0 Å². The van der Waals surface area contributed by atoms with Crippen molar-refractivity contribution in [3.63, 3.8) is 0 Å². The number of rotatable bonds is 2. The molecule has 3 saturated heterocycles. The van der Waals surface area contributed by atoms with Crippen LogP contribution in [-0.2, 0) is 14.3 Å². The number of imide groups is 1. The van der Waals surface area contributed by atoms with Crippen LogP contribution in [0.15, 0.2) is 0 Å². The molecule has 7 nitrogen and oxygen atoms in total. The van der Waals surface area contributed by atoms with Gasteiger partial charge in [-0.1, -0.05) is 0 Å². The Hall–Kier alpha value is -1.63. The van der Waals surface area contributed by atoms with Gasteiger partial charge in [-0.25, -0.2) is 4.79 Å². The summed E-state index contributed by atoms with van der Waals surface area (Å²) in [4.78, 5) is 37.0. The van der Waals surface area contributed by atoms with Crippen LogP contribution >= 0.6 is 0 Å². The number of carbonyl (C=O) groups is 3. The zero-order valence-corrected chi connectivity index (χ0v) is 11.3. The molecule has 0 saturated carbocycles. The molecule has 0 aliphatic carbocycles. The van der Waals surface area contributed by atoms with Crippen molar-refractivity contribution in [3.05, 3.63) is 0 Å². The zero-order chi connectivity index (χ0) is 14.2. The minimum Gasteiger partial charge on any atom is -0.378 e. The van der Waals surface area contributed by atoms with Crippen molar-refractivity contribution in [2.45, 2.75) is 43.7 Å². The van der Waals surface area contributed by atoms with Crippen LogP contribution in [0.1, 0.15) is 32.1 Å². The highest BCUT2D eigenvalue weighted by Crippen LogP contribution is 2.26. The minimum atomic E-state index is -0.808. The topological polar surface area (TPSA) is 87.7 Å². The molecule has 2 N–H and O–H groups in total. The molecule has 1 atom stereocenters. The third-order valence-electron chi connectivity index (χ3n) is 4.41. The number of hydrogen-bond acceptors (Lipinski definition) is 4. The Kier molecular flexibility index (Phi) is 3.37. The summed E-state index contributed by atoms with van der Waals surface area (Å²) in [5.41, 5.74) is -0.808. The van der Waals surface area contributed by atoms with E-state index in [2.05, 4.69) is 10.6 Å². The average Bonchev–Trinajstić information content (AvgIpc) is 3.00. The Morgan fingerprint density at radius 3 is 2.65 bits per heavy atom. The quantitative estimate of drug-likeness (QED) is 0.684. The number of hydrogen-bond donors (Lipinski definition) is 2. The van der Waals surface area contributed by atoms with Gasteiger partial charge in [0.05, 0.1) is 12.5 Å². The van der Waals surface area contributed by atoms with Gasteiger partial charge >= 0.3 is 6.03 Å². The van der Waals surface area contributed by atoms with Gasteiger partial charge in [-0.2, -0.15) is 0 Å². The lowest BCUT2D eigenvalue weighted by Crippen LogP contribution is -2.55. The van der Waals surface area contributed by atoms with Crippen molar-refractivity contribution in [2.75, 3.05) is 19.7 Å². The Bertz CT molecular complexity index is 437. The summed E-state index contributed by atoms with van der Waals surface area (Å²) in [5, 5.41) is 4.96. The molecular formula is C13H19N3O4. The number of ether oxygens (including phenoxy) is 1. The normalized spacial score (nSPS) is 28.6. The van der Waals surface area contributed by atoms with E-state index < -0.39 is 11.6 Å². The summed E-state index contributed by atoms with van der Waals surface area (Å²) >= 11 is 0. The highest BCUT2D eigenvalue weighted by atomic mass is 16.5. The van der Waals surface area contributed by atoms with E-state index in [-0.39, 0.29) is 17.9 Å². The highest BCUT2D eigenvalue weighted by molar-refractivity contribution is 6.07. The van der Waals surface area contributed by atoms with Gasteiger partial charge in [-0.05, 0) is 25.7 Å². The van der Waals surface area contributed by atoms with Crippen molar-refractivity contribution >= 4 is 17.8 Å². The van der Waals surface area contributed by atoms with Crippen molar-refractivity contribution in [1.82, 2.24) is 15.5 Å². The summed E-state index contributed by atoms with van der Waals surface area (Å²) in [7, 11) is 0. The van der Waals surface area contributed by atoms with Gasteiger partial charge in [0.25, 0.3) is 5.91 Å². The summed E-state index contributed by atoms with van der Waals surface area (Å²) in [6, 6.07) is -0.436. The van der Waals surface area contributed by atoms with E-state index in [0.29, 0.717) is 32.4 Å². The van der Waals surface area contributed by atoms with Crippen molar-refractivity contribution in [3.8, 4) is 0 Å². The molecule has 3 aliphatic rings. The van der Waals surface area contributed by atoms with Gasteiger partial charge in [0.15, 0.2) is 0 Å². The first-order chi connectivity index (χ1) is 9.59. The molecule has 0 aromatic rings. The third kappa shape index (κ3) is 2.37. The lowest BCUT2D eigenvalue weighted by Gasteiger charge is -2.37. The van der Waals surface area contributed by atoms with Gasteiger partial charge in [0.2, 0.25) is 5.91 Å². The smallest absolute Gasteiger partial charge is 0.322 e. The monoisotopic (exact) mass is 281 g/mol. The average molecular weight is 281 g/mol. The van der Waals surface area contributed by atoms with Gasteiger partial charge in [-0.15, -0.1) is 0 Å². The Labute approximate surface area is 117 Å². The molecule has 3 rings (SSSR count). The summed E-state index contributed by atoms with van der Waals surface area (Å²) in [6.07, 6.45) is 3.39. The molecule has 1 spiro atoms. The van der Waals surface area contributed by atoms with Crippen LogP contribution < -0.4 is 10.6 Å². The zero-order valence-electron chi connectivity index (χ0n) is 11.3. The van der Waals surface area contributed by atoms with Crippen LogP contribution in [0.2, 0.25) is 0 Å². The number of amides is 4. The standard InChI is InChI=1S/C13H19N3O4/c17-10(8-9-2-1-7-20-9)16-5-3-13(4-6-16)11(18)14-12(19)15-13/h9H,1-8H2,(H2,14,15,18,19). The molecule has 3 heterocycles. The molecule has 110 valence electrons. The molecule has 1 unspecified atom stereocenters. The lowest BCUT2D eigenvalue weighted by atomic mass is 9.87. The first kappa shape index (κ1) is 13.4. The van der Waals surface area contributed by atoms with E-state index in [1.165, 1.54) is 0 Å². The second-order valence-electron chi connectivity index (χ2n) is 5.71. The van der Waals surface area contributed by atoms with E-state index in [1.807, 2.05) is 0 Å². The van der Waals surface area contributed by atoms with Crippen LogP contribution in [0.25, 0.3) is 0 Å². The molecule has 0 radical (unpaired) electrons. The number of likely N-dealkylation sites (tertiary alicyclic amines) is 1. The second-order valence-corrected chi connectivity index (χ2v) is 5.71. The number of nitrogens with one attached hydrogen (secondary N) is 2. The van der Waals surface area contributed by atoms with E-state index >= 15 is 0 Å². The Morgan fingerprint density at radius 2 is 2.10 bits per heavy atom. The summed E-state index contributed by atoms with van der Waals surface area (Å²) in [6.45, 7) is 1.74. The van der Waals surface area contributed by atoms with E-state index in [4.69, 9.17) is 4.74 Å². The fraction of sp³-hybridized carbons (Fsp3) is 0.769. The molecule has 3 aliphatic heterocycles. The molecule has 0 aromatic carbocycles. The van der Waals surface area contributed by atoms with Crippen molar-refractivity contribution < 1.29 is 19.1 Å². The Morgan fingerprint density at radius 1 is 1.35 bits per heavy atom. The predicted molar refractivity (Wildman–Crippen MR) is 68.8 cm³/mol. The fourth-order valence-corrected chi connectivity index (χ4v) is 3.15. The number of urea groups is 1. The van der Waals surface area contributed by atoms with Crippen molar-refractivity contribution in [1.29, 1.82) is 0 Å². The van der Waals surface area contributed by atoms with Crippen molar-refractivity contribution in [2.24, 2.45) is 0 Å². The van der Waals surface area contributed by atoms with Crippen LogP contribution in [-0.4, -0.2) is 54.1 Å². The molecule has 0 bridgehead atoms. The first-order valence-electron chi connectivity index (χ1n) is 7.12. The van der Waals surface area contributed by atoms with E-state index in [1.54, 1.807) is 4.90 Å². The first-order valence-corrected chi connectivity index (χ1v) is 7.12. The van der Waals surface area contributed by atoms with Gasteiger partial charge in [0, 0.05) is 19.7 Å². The van der Waals surface area contributed by atoms with Crippen LogP contribution in [0.3, 0.4) is 0 Å². The van der Waals surface area contributed by atoms with Crippen LogP contribution in [0.4, 0.5) is 4.79 Å². The van der Waals surface area contributed by atoms with E-state index in [9.17, 15) is 14.4 Å². The van der Waals surface area contributed by atoms with Gasteiger partial charge in [0.1, 0.15) is 5.54 Å². The maximum absolute atomic E-state index is 12.2. The molecular weight excluding hydrogens is 262 g/mol. The Balaban J connectivity index is 1.54. The minimum absolute atomic E-state index is 0.0490. The molecule has 0 aromatic heterocycles. The molecule has 3 fully saturated rings. The maximum atomic E-state index is 12.2. The van der Waals surface area contributed by atoms with Crippen LogP contribution in [0.5, 0.6) is 0 Å². The highest BCUT2D eigenvalue weighted by Gasteiger charge is 2.48. The largest absolute Gasteiger partial charge is 0.378 e. The van der Waals surface area contributed by atoms with Crippen LogP contribution in [0, 0.1) is 0 Å². The predicted octanol–water partition coefficient (Wildman–Crippen LogP) is -0.244. The third-order valence-corrected chi connectivity index (χ3v) is 4.41. The summed E-state index contributed by atoms with van der Waals surface area (Å²) < 4.78 is 5.47. The van der Waals surface area contributed by atoms with Gasteiger partial charge in [-0.3, -0.25) is 14.9 Å². The molecule has 7 heteroatoms. The summed E-state index contributed by atoms with van der Waals surface area (Å²) in [5.74, 6) is -0.190. The van der Waals surface area contributed by atoms with E-state index in [0.717, 1.165) is 19.4 Å². The molecule has 4 amide bonds. The fourth-order valence-electron chi connectivity index (χ4n) is 3.15. The number of carbonyl (C=O) groups excluding carboxylic acids is 3. The maximum Gasteiger partial charge on any atom is 0.322 e.